The van der Waals surface area contributed by atoms with Gasteiger partial charge in [0, 0.05) is 18.3 Å². The zero-order valence-electron chi connectivity index (χ0n) is 19.2. The van der Waals surface area contributed by atoms with E-state index in [1.54, 1.807) is 20.8 Å². The summed E-state index contributed by atoms with van der Waals surface area (Å²) in [6.07, 6.45) is 6.46. The van der Waals surface area contributed by atoms with E-state index in [0.29, 0.717) is 17.7 Å². The van der Waals surface area contributed by atoms with Crippen molar-refractivity contribution in [3.8, 4) is 0 Å². The van der Waals surface area contributed by atoms with E-state index in [0.717, 1.165) is 42.8 Å². The van der Waals surface area contributed by atoms with Gasteiger partial charge in [-0.3, -0.25) is 14.5 Å². The van der Waals surface area contributed by atoms with Crippen LogP contribution < -0.4 is 10.2 Å². The van der Waals surface area contributed by atoms with E-state index < -0.39 is 27.3 Å². The Morgan fingerprint density at radius 3 is 2.47 bits per heavy atom. The molecule has 1 saturated carbocycles. The Hall–Kier alpha value is -2.00. The van der Waals surface area contributed by atoms with E-state index in [1.165, 1.54) is 23.1 Å². The lowest BCUT2D eigenvalue weighted by molar-refractivity contribution is -0.133. The number of hydrogen-bond acceptors (Lipinski definition) is 4. The summed E-state index contributed by atoms with van der Waals surface area (Å²) in [5.41, 5.74) is -0.524. The minimum atomic E-state index is -3.69. The Labute approximate surface area is 190 Å². The Kier molecular flexibility index (Phi) is 7.60. The SMILES string of the molecule is CCCS(=O)(=O)N1CC(=O)N(c2ccc(F)cc2C)[C@](C)(C(=O)NC2CCCCCC2)C1. The molecule has 0 bridgehead atoms. The van der Waals surface area contributed by atoms with Gasteiger partial charge in [-0.05, 0) is 56.9 Å². The van der Waals surface area contributed by atoms with Crippen LogP contribution in [0.5, 0.6) is 0 Å². The van der Waals surface area contributed by atoms with Crippen LogP contribution in [0.15, 0.2) is 18.2 Å². The average Bonchev–Trinajstić information content (AvgIpc) is 2.97. The summed E-state index contributed by atoms with van der Waals surface area (Å²) in [5.74, 6) is -1.40. The second kappa shape index (κ2) is 9.87. The van der Waals surface area contributed by atoms with Gasteiger partial charge in [-0.1, -0.05) is 32.6 Å². The summed E-state index contributed by atoms with van der Waals surface area (Å²) in [7, 11) is -3.69. The van der Waals surface area contributed by atoms with Crippen molar-refractivity contribution < 1.29 is 22.4 Å². The quantitative estimate of drug-likeness (QED) is 0.652. The first-order chi connectivity index (χ1) is 15.1. The number of piperazine rings is 1. The molecule has 1 atom stereocenters. The number of nitrogens with one attached hydrogen (secondary N) is 1. The molecule has 0 unspecified atom stereocenters. The zero-order valence-corrected chi connectivity index (χ0v) is 20.0. The van der Waals surface area contributed by atoms with Crippen molar-refractivity contribution in [1.29, 1.82) is 0 Å². The molecule has 1 aromatic rings. The molecule has 9 heteroatoms. The maximum Gasteiger partial charge on any atom is 0.247 e. The van der Waals surface area contributed by atoms with Gasteiger partial charge in [0.05, 0.1) is 12.3 Å². The molecule has 1 aromatic carbocycles. The summed E-state index contributed by atoms with van der Waals surface area (Å²) in [4.78, 5) is 28.3. The first kappa shape index (κ1) is 24.6. The first-order valence-electron chi connectivity index (χ1n) is 11.5. The fourth-order valence-corrected chi connectivity index (χ4v) is 6.29. The van der Waals surface area contributed by atoms with Crippen LogP contribution in [0, 0.1) is 12.7 Å². The van der Waals surface area contributed by atoms with Crippen molar-refractivity contribution in [1.82, 2.24) is 9.62 Å². The van der Waals surface area contributed by atoms with Crippen molar-refractivity contribution in [3.63, 3.8) is 0 Å². The number of sulfonamides is 1. The maximum absolute atomic E-state index is 13.7. The molecule has 178 valence electrons. The smallest absolute Gasteiger partial charge is 0.247 e. The number of halogens is 1. The van der Waals surface area contributed by atoms with Crippen LogP contribution in [-0.4, -0.2) is 55.0 Å². The van der Waals surface area contributed by atoms with Crippen molar-refractivity contribution in [2.75, 3.05) is 23.7 Å². The molecule has 0 aromatic heterocycles. The van der Waals surface area contributed by atoms with E-state index in [9.17, 15) is 22.4 Å². The number of hydrogen-bond donors (Lipinski definition) is 1. The van der Waals surface area contributed by atoms with Crippen LogP contribution in [0.3, 0.4) is 0 Å². The van der Waals surface area contributed by atoms with Gasteiger partial charge < -0.3 is 5.32 Å². The highest BCUT2D eigenvalue weighted by Gasteiger charge is 2.51. The van der Waals surface area contributed by atoms with Gasteiger partial charge in [-0.25, -0.2) is 12.8 Å². The van der Waals surface area contributed by atoms with Crippen LogP contribution in [0.4, 0.5) is 10.1 Å². The molecule has 1 heterocycles. The molecule has 2 aliphatic rings. The molecule has 32 heavy (non-hydrogen) atoms. The van der Waals surface area contributed by atoms with Crippen LogP contribution in [0.1, 0.15) is 64.4 Å². The molecule has 1 N–H and O–H groups in total. The fraction of sp³-hybridized carbons (Fsp3) is 0.652. The van der Waals surface area contributed by atoms with Gasteiger partial charge in [-0.2, -0.15) is 4.31 Å². The molecule has 2 fully saturated rings. The van der Waals surface area contributed by atoms with Gasteiger partial charge >= 0.3 is 0 Å². The van der Waals surface area contributed by atoms with Gasteiger partial charge in [0.25, 0.3) is 0 Å². The number of nitrogens with zero attached hydrogens (tertiary/aromatic N) is 2. The Morgan fingerprint density at radius 1 is 1.22 bits per heavy atom. The summed E-state index contributed by atoms with van der Waals surface area (Å²) in [5, 5.41) is 3.10. The lowest BCUT2D eigenvalue weighted by atomic mass is 9.92. The molecule has 1 aliphatic carbocycles. The highest BCUT2D eigenvalue weighted by Crippen LogP contribution is 2.33. The third-order valence-electron chi connectivity index (χ3n) is 6.47. The highest BCUT2D eigenvalue weighted by molar-refractivity contribution is 7.89. The lowest BCUT2D eigenvalue weighted by Crippen LogP contribution is -2.71. The molecule has 1 saturated heterocycles. The predicted molar refractivity (Wildman–Crippen MR) is 122 cm³/mol. The Morgan fingerprint density at radius 2 is 1.88 bits per heavy atom. The van der Waals surface area contributed by atoms with E-state index in [4.69, 9.17) is 0 Å². The topological polar surface area (TPSA) is 86.8 Å². The number of aryl methyl sites for hydroxylation is 1. The summed E-state index contributed by atoms with van der Waals surface area (Å²) >= 11 is 0. The summed E-state index contributed by atoms with van der Waals surface area (Å²) in [6.45, 7) is 4.56. The number of carbonyl (C=O) groups excluding carboxylic acids is 2. The monoisotopic (exact) mass is 467 g/mol. The highest BCUT2D eigenvalue weighted by atomic mass is 32.2. The third kappa shape index (κ3) is 5.14. The Bertz CT molecular complexity index is 960. The molecule has 2 amide bonds. The van der Waals surface area contributed by atoms with Gasteiger partial charge in [-0.15, -0.1) is 0 Å². The van der Waals surface area contributed by atoms with Crippen LogP contribution in [-0.2, 0) is 19.6 Å². The van der Waals surface area contributed by atoms with Crippen LogP contribution in [0.2, 0.25) is 0 Å². The largest absolute Gasteiger partial charge is 0.351 e. The molecular weight excluding hydrogens is 433 g/mol. The van der Waals surface area contributed by atoms with Gasteiger partial charge in [0.15, 0.2) is 0 Å². The molecular formula is C23H34FN3O4S. The minimum Gasteiger partial charge on any atom is -0.351 e. The van der Waals surface area contributed by atoms with Crippen molar-refractivity contribution in [2.45, 2.75) is 77.3 Å². The van der Waals surface area contributed by atoms with Crippen LogP contribution >= 0.6 is 0 Å². The second-order valence-corrected chi connectivity index (χ2v) is 11.3. The number of benzene rings is 1. The van der Waals surface area contributed by atoms with Gasteiger partial charge in [0.2, 0.25) is 21.8 Å². The molecule has 1 aliphatic heterocycles. The zero-order chi connectivity index (χ0) is 23.5. The number of anilines is 1. The lowest BCUT2D eigenvalue weighted by Gasteiger charge is -2.47. The maximum atomic E-state index is 13.7. The standard InChI is InChI=1S/C23H34FN3O4S/c1-4-13-32(30,31)26-15-21(28)27(20-12-11-18(24)14-17(20)2)23(3,16-26)22(29)25-19-9-7-5-6-8-10-19/h11-12,14,19H,4-10,13,15-16H2,1-3H3,(H,25,29)/t23-/m0/s1. The molecule has 0 radical (unpaired) electrons. The fourth-order valence-electron chi connectivity index (χ4n) is 4.76. The third-order valence-corrected chi connectivity index (χ3v) is 8.44. The van der Waals surface area contributed by atoms with Crippen molar-refractivity contribution in [2.24, 2.45) is 0 Å². The second-order valence-electron chi connectivity index (χ2n) is 9.18. The van der Waals surface area contributed by atoms with Crippen LogP contribution in [0.25, 0.3) is 0 Å². The number of carbonyl (C=O) groups is 2. The van der Waals surface area contributed by atoms with Gasteiger partial charge in [0.1, 0.15) is 11.4 Å². The van der Waals surface area contributed by atoms with Crippen molar-refractivity contribution >= 4 is 27.5 Å². The van der Waals surface area contributed by atoms with E-state index in [-0.39, 0.29) is 30.8 Å². The van der Waals surface area contributed by atoms with E-state index in [2.05, 4.69) is 5.32 Å². The summed E-state index contributed by atoms with van der Waals surface area (Å²) < 4.78 is 40.5. The van der Waals surface area contributed by atoms with E-state index in [1.807, 2.05) is 0 Å². The molecule has 0 spiro atoms. The molecule has 7 nitrogen and oxygen atoms in total. The van der Waals surface area contributed by atoms with E-state index >= 15 is 0 Å². The minimum absolute atomic E-state index is 0.00397. The average molecular weight is 468 g/mol. The van der Waals surface area contributed by atoms with Crippen molar-refractivity contribution in [3.05, 3.63) is 29.6 Å². The summed E-state index contributed by atoms with van der Waals surface area (Å²) in [6, 6.07) is 4.04. The predicted octanol–water partition coefficient (Wildman–Crippen LogP) is 3.12. The molecule has 3 rings (SSSR count). The normalized spacial score (nSPS) is 23.8. The first-order valence-corrected chi connectivity index (χ1v) is 13.1. The number of rotatable bonds is 6. The Balaban J connectivity index is 2.00. The number of amides is 2.